The lowest BCUT2D eigenvalue weighted by molar-refractivity contribution is 0.0689. The molecule has 2 aliphatic heterocycles. The molecule has 2 fully saturated rings. The highest BCUT2D eigenvalue weighted by Crippen LogP contribution is 2.43. The number of nitrogens with zero attached hydrogens (tertiary/aromatic N) is 2. The first kappa shape index (κ1) is 28.2. The van der Waals surface area contributed by atoms with E-state index in [1.54, 1.807) is 7.05 Å². The number of hydrogen-bond donors (Lipinski definition) is 3. The molecule has 0 radical (unpaired) electrons. The largest absolute Gasteiger partial charge is 0.493 e. The van der Waals surface area contributed by atoms with Gasteiger partial charge < -0.3 is 21.1 Å². The van der Waals surface area contributed by atoms with E-state index in [-0.39, 0.29) is 23.0 Å². The number of ether oxygens (including phenoxy) is 1. The average Bonchev–Trinajstić information content (AvgIpc) is 3.17. The number of nitrogens with two attached hydrogens (primary N) is 1. The van der Waals surface area contributed by atoms with Crippen molar-refractivity contribution in [1.82, 2.24) is 15.5 Å². The van der Waals surface area contributed by atoms with Crippen molar-refractivity contribution >= 4 is 23.5 Å². The van der Waals surface area contributed by atoms with Crippen LogP contribution in [0.25, 0.3) is 0 Å². The number of rotatable bonds is 9. The van der Waals surface area contributed by atoms with Gasteiger partial charge >= 0.3 is 0 Å². The number of piperidine rings is 1. The van der Waals surface area contributed by atoms with Gasteiger partial charge in [-0.05, 0) is 93.8 Å². The number of halogens is 2. The van der Waals surface area contributed by atoms with E-state index in [1.165, 1.54) is 34.9 Å². The Morgan fingerprint density at radius 2 is 1.92 bits per heavy atom. The number of guanidine groups is 1. The normalized spacial score (nSPS) is 22.3. The lowest BCUT2D eigenvalue weighted by Gasteiger charge is -2.43. The van der Waals surface area contributed by atoms with Crippen LogP contribution in [-0.2, 0) is 0 Å². The third-order valence-corrected chi connectivity index (χ3v) is 8.40. The Morgan fingerprint density at radius 1 is 1.21 bits per heavy atom. The van der Waals surface area contributed by atoms with Gasteiger partial charge in [-0.2, -0.15) is 0 Å². The van der Waals surface area contributed by atoms with Crippen molar-refractivity contribution < 1.29 is 13.9 Å². The molecule has 0 spiro atoms. The second-order valence-corrected chi connectivity index (χ2v) is 10.8. The van der Waals surface area contributed by atoms with E-state index in [0.29, 0.717) is 36.8 Å². The number of fused-ring (bicyclic) bond motifs is 2. The summed E-state index contributed by atoms with van der Waals surface area (Å²) in [5.74, 6) is 0.640. The molecular formula is C29H39ClFN5O2. The van der Waals surface area contributed by atoms with Crippen molar-refractivity contribution in [3.05, 3.63) is 63.4 Å². The summed E-state index contributed by atoms with van der Waals surface area (Å²) >= 11 is 5.88. The van der Waals surface area contributed by atoms with Crippen LogP contribution in [0, 0.1) is 19.7 Å². The molecule has 206 valence electrons. The Hall–Kier alpha value is -2.84. The highest BCUT2D eigenvalue weighted by Gasteiger charge is 2.43. The molecule has 2 saturated heterocycles. The quantitative estimate of drug-likeness (QED) is 0.238. The molecule has 3 unspecified atom stereocenters. The third-order valence-electron chi connectivity index (χ3n) is 8.11. The summed E-state index contributed by atoms with van der Waals surface area (Å²) < 4.78 is 19.6. The molecule has 7 nitrogen and oxygen atoms in total. The molecule has 0 saturated carbocycles. The average molecular weight is 544 g/mol. The summed E-state index contributed by atoms with van der Waals surface area (Å²) in [5.41, 5.74) is 9.81. The van der Waals surface area contributed by atoms with E-state index < -0.39 is 5.82 Å². The molecule has 0 aromatic heterocycles. The maximum atomic E-state index is 13.5. The van der Waals surface area contributed by atoms with Crippen LogP contribution in [0.5, 0.6) is 5.75 Å². The van der Waals surface area contributed by atoms with Gasteiger partial charge in [-0.25, -0.2) is 4.39 Å². The molecule has 2 heterocycles. The number of hydrogen-bond acceptors (Lipinski definition) is 4. The summed E-state index contributed by atoms with van der Waals surface area (Å²) in [6.07, 6.45) is 4.90. The predicted octanol–water partition coefficient (Wildman–Crippen LogP) is 4.89. The van der Waals surface area contributed by atoms with Crippen LogP contribution in [0.15, 0.2) is 35.3 Å². The molecule has 0 aliphatic carbocycles. The Kier molecular flexibility index (Phi) is 9.15. The van der Waals surface area contributed by atoms with Gasteiger partial charge in [0.1, 0.15) is 11.6 Å². The highest BCUT2D eigenvalue weighted by atomic mass is 35.5. The van der Waals surface area contributed by atoms with Gasteiger partial charge in [-0.15, -0.1) is 0 Å². The van der Waals surface area contributed by atoms with Crippen molar-refractivity contribution in [3.63, 3.8) is 0 Å². The van der Waals surface area contributed by atoms with E-state index >= 15 is 0 Å². The van der Waals surface area contributed by atoms with Gasteiger partial charge in [0, 0.05) is 43.3 Å². The number of amides is 1. The van der Waals surface area contributed by atoms with E-state index in [2.05, 4.69) is 53.4 Å². The minimum Gasteiger partial charge on any atom is -0.493 e. The first-order valence-electron chi connectivity index (χ1n) is 13.4. The minimum absolute atomic E-state index is 0.0346. The summed E-state index contributed by atoms with van der Waals surface area (Å²) in [5, 5.41) is 6.18. The Balaban J connectivity index is 1.36. The Morgan fingerprint density at radius 3 is 2.58 bits per heavy atom. The van der Waals surface area contributed by atoms with Gasteiger partial charge in [0.2, 0.25) is 0 Å². The summed E-state index contributed by atoms with van der Waals surface area (Å²) in [4.78, 5) is 19.3. The van der Waals surface area contributed by atoms with Crippen molar-refractivity contribution in [2.24, 2.45) is 10.7 Å². The maximum absolute atomic E-state index is 13.5. The van der Waals surface area contributed by atoms with Crippen molar-refractivity contribution in [2.75, 3.05) is 20.2 Å². The molecule has 4 N–H and O–H groups in total. The number of nitrogens with one attached hydrogen (secondary N) is 2. The number of carbonyl (C=O) groups is 1. The molecule has 3 atom stereocenters. The minimum atomic E-state index is -0.519. The summed E-state index contributed by atoms with van der Waals surface area (Å²) in [6.45, 7) is 7.91. The van der Waals surface area contributed by atoms with Gasteiger partial charge in [-0.3, -0.25) is 14.7 Å². The molecule has 2 aliphatic rings. The Bertz CT molecular complexity index is 1180. The SMILES string of the molecule is CN=C(N)NCCCOc1ccc(C(C)N2C3CCC2CC(NC(=O)c2ccc(F)c(Cl)c2)C3)c(C)c1C. The van der Waals surface area contributed by atoms with Gasteiger partial charge in [0.25, 0.3) is 5.91 Å². The van der Waals surface area contributed by atoms with Gasteiger partial charge in [0.05, 0.1) is 11.6 Å². The van der Waals surface area contributed by atoms with Crippen LogP contribution in [0.3, 0.4) is 0 Å². The zero-order valence-electron chi connectivity index (χ0n) is 22.7. The first-order valence-corrected chi connectivity index (χ1v) is 13.8. The van der Waals surface area contributed by atoms with Crippen LogP contribution >= 0.6 is 11.6 Å². The first-order chi connectivity index (χ1) is 18.2. The van der Waals surface area contributed by atoms with Crippen LogP contribution < -0.4 is 21.1 Å². The molecule has 2 aromatic rings. The van der Waals surface area contributed by atoms with Crippen LogP contribution in [0.2, 0.25) is 5.02 Å². The van der Waals surface area contributed by atoms with E-state index in [0.717, 1.165) is 37.9 Å². The predicted molar refractivity (Wildman–Crippen MR) is 151 cm³/mol. The Labute approximate surface area is 230 Å². The van der Waals surface area contributed by atoms with Gasteiger partial charge in [0.15, 0.2) is 5.96 Å². The molecule has 9 heteroatoms. The van der Waals surface area contributed by atoms with E-state index in [1.807, 2.05) is 0 Å². The van der Waals surface area contributed by atoms with Crippen molar-refractivity contribution in [2.45, 2.75) is 77.0 Å². The van der Waals surface area contributed by atoms with Crippen molar-refractivity contribution in [1.29, 1.82) is 0 Å². The summed E-state index contributed by atoms with van der Waals surface area (Å²) in [7, 11) is 1.66. The number of aliphatic imine (C=N–C) groups is 1. The zero-order valence-corrected chi connectivity index (χ0v) is 23.4. The highest BCUT2D eigenvalue weighted by molar-refractivity contribution is 6.31. The second-order valence-electron chi connectivity index (χ2n) is 10.4. The van der Waals surface area contributed by atoms with E-state index in [4.69, 9.17) is 22.1 Å². The number of benzene rings is 2. The summed E-state index contributed by atoms with van der Waals surface area (Å²) in [6, 6.07) is 9.59. The molecule has 2 bridgehead atoms. The number of carbonyl (C=O) groups excluding carboxylic acids is 1. The molecular weight excluding hydrogens is 505 g/mol. The van der Waals surface area contributed by atoms with Gasteiger partial charge in [-0.1, -0.05) is 17.7 Å². The maximum Gasteiger partial charge on any atom is 0.251 e. The fourth-order valence-electron chi connectivity index (χ4n) is 6.01. The molecule has 4 rings (SSSR count). The monoisotopic (exact) mass is 543 g/mol. The fourth-order valence-corrected chi connectivity index (χ4v) is 6.19. The van der Waals surface area contributed by atoms with E-state index in [9.17, 15) is 9.18 Å². The standard InChI is InChI=1S/C29H39ClFN5O2/c1-17-18(2)27(38-13-5-12-34-29(32)33-4)11-9-24(17)19(3)36-22-7-8-23(36)16-21(15-22)35-28(37)20-6-10-26(31)25(30)14-20/h6,9-11,14,19,21-23H,5,7-8,12-13,15-16H2,1-4H3,(H,35,37)(H3,32,33,34). The zero-order chi connectivity index (χ0) is 27.4. The molecule has 2 aromatic carbocycles. The topological polar surface area (TPSA) is 92.0 Å². The lowest BCUT2D eigenvalue weighted by atomic mass is 9.91. The van der Waals surface area contributed by atoms with Crippen molar-refractivity contribution in [3.8, 4) is 5.75 Å². The van der Waals surface area contributed by atoms with Crippen LogP contribution in [-0.4, -0.2) is 55.1 Å². The lowest BCUT2D eigenvalue weighted by Crippen LogP contribution is -2.51. The third kappa shape index (κ3) is 6.24. The smallest absolute Gasteiger partial charge is 0.251 e. The fraction of sp³-hybridized carbons (Fsp3) is 0.517. The van der Waals surface area contributed by atoms with Crippen LogP contribution in [0.4, 0.5) is 4.39 Å². The second kappa shape index (κ2) is 12.3. The molecule has 1 amide bonds. The van der Waals surface area contributed by atoms with Crippen LogP contribution in [0.1, 0.15) is 72.1 Å². The molecule has 38 heavy (non-hydrogen) atoms.